The minimum atomic E-state index is -0.680. The van der Waals surface area contributed by atoms with Crippen molar-refractivity contribution in [2.24, 2.45) is 0 Å². The van der Waals surface area contributed by atoms with Crippen molar-refractivity contribution in [3.8, 4) is 0 Å². The first kappa shape index (κ1) is 11.1. The molecule has 0 aliphatic rings. The van der Waals surface area contributed by atoms with E-state index in [4.69, 9.17) is 5.73 Å². The summed E-state index contributed by atoms with van der Waals surface area (Å²) >= 11 is 0. The van der Waals surface area contributed by atoms with Crippen molar-refractivity contribution in [1.29, 1.82) is 0 Å². The molecule has 0 bridgehead atoms. The number of carbonyl (C=O) groups is 1. The van der Waals surface area contributed by atoms with Crippen LogP contribution in [0.3, 0.4) is 0 Å². The monoisotopic (exact) mass is 231 g/mol. The van der Waals surface area contributed by atoms with Gasteiger partial charge in [0.25, 0.3) is 5.91 Å². The van der Waals surface area contributed by atoms with E-state index in [9.17, 15) is 9.18 Å². The van der Waals surface area contributed by atoms with Crippen LogP contribution in [0.1, 0.15) is 10.4 Å². The van der Waals surface area contributed by atoms with Crippen LogP contribution in [0, 0.1) is 5.95 Å². The Balaban J connectivity index is 2.19. The predicted molar refractivity (Wildman–Crippen MR) is 63.0 cm³/mol. The SMILES string of the molecule is Nc1nc(F)ccc1NC(=O)c1ccccc1. The van der Waals surface area contributed by atoms with Gasteiger partial charge in [0.05, 0.1) is 5.69 Å². The molecule has 0 saturated heterocycles. The maximum Gasteiger partial charge on any atom is 0.255 e. The Labute approximate surface area is 97.3 Å². The van der Waals surface area contributed by atoms with Crippen LogP contribution < -0.4 is 11.1 Å². The molecule has 0 saturated carbocycles. The number of amides is 1. The van der Waals surface area contributed by atoms with E-state index in [-0.39, 0.29) is 11.7 Å². The fraction of sp³-hybridized carbons (Fsp3) is 0. The predicted octanol–water partition coefficient (Wildman–Crippen LogP) is 2.06. The Morgan fingerprint density at radius 3 is 2.53 bits per heavy atom. The van der Waals surface area contributed by atoms with Crippen LogP contribution in [0.25, 0.3) is 0 Å². The average molecular weight is 231 g/mol. The molecule has 0 aliphatic heterocycles. The Hall–Kier alpha value is -2.43. The van der Waals surface area contributed by atoms with E-state index in [2.05, 4.69) is 10.3 Å². The summed E-state index contributed by atoms with van der Waals surface area (Å²) in [5.41, 5.74) is 6.27. The lowest BCUT2D eigenvalue weighted by Crippen LogP contribution is -2.13. The molecule has 0 unspecified atom stereocenters. The number of carbonyl (C=O) groups excluding carboxylic acids is 1. The van der Waals surface area contributed by atoms with Crippen LogP contribution in [-0.2, 0) is 0 Å². The number of rotatable bonds is 2. The lowest BCUT2D eigenvalue weighted by atomic mass is 10.2. The molecule has 2 aromatic rings. The zero-order valence-corrected chi connectivity index (χ0v) is 8.85. The van der Waals surface area contributed by atoms with E-state index in [0.29, 0.717) is 11.3 Å². The van der Waals surface area contributed by atoms with Crippen LogP contribution in [0.4, 0.5) is 15.9 Å². The number of hydrogen-bond acceptors (Lipinski definition) is 3. The largest absolute Gasteiger partial charge is 0.382 e. The molecular weight excluding hydrogens is 221 g/mol. The summed E-state index contributed by atoms with van der Waals surface area (Å²) in [6.45, 7) is 0. The smallest absolute Gasteiger partial charge is 0.255 e. The second kappa shape index (κ2) is 4.61. The van der Waals surface area contributed by atoms with Crippen molar-refractivity contribution >= 4 is 17.4 Å². The molecular formula is C12H10FN3O. The van der Waals surface area contributed by atoms with Crippen molar-refractivity contribution in [2.75, 3.05) is 11.1 Å². The van der Waals surface area contributed by atoms with Crippen LogP contribution in [0.5, 0.6) is 0 Å². The van der Waals surface area contributed by atoms with Crippen LogP contribution in [0.2, 0.25) is 0 Å². The van der Waals surface area contributed by atoms with E-state index in [0.717, 1.165) is 6.07 Å². The van der Waals surface area contributed by atoms with E-state index in [1.54, 1.807) is 24.3 Å². The highest BCUT2D eigenvalue weighted by Crippen LogP contribution is 2.16. The Morgan fingerprint density at radius 2 is 1.88 bits per heavy atom. The summed E-state index contributed by atoms with van der Waals surface area (Å²) in [6.07, 6.45) is 0. The number of anilines is 2. The maximum absolute atomic E-state index is 12.7. The Kier molecular flexibility index (Phi) is 3.00. The molecule has 0 aliphatic carbocycles. The van der Waals surface area contributed by atoms with Gasteiger partial charge in [-0.05, 0) is 24.3 Å². The summed E-state index contributed by atoms with van der Waals surface area (Å²) in [5, 5.41) is 2.56. The minimum absolute atomic E-state index is 0.0470. The summed E-state index contributed by atoms with van der Waals surface area (Å²) < 4.78 is 12.7. The fourth-order valence-electron chi connectivity index (χ4n) is 1.34. The standard InChI is InChI=1S/C12H10FN3O/c13-10-7-6-9(11(14)16-10)15-12(17)8-4-2-1-3-5-8/h1-7H,(H2,14,16)(H,15,17). The number of pyridine rings is 1. The maximum atomic E-state index is 12.7. The highest BCUT2D eigenvalue weighted by atomic mass is 19.1. The molecule has 0 spiro atoms. The summed E-state index contributed by atoms with van der Waals surface area (Å²) in [6, 6.07) is 11.2. The quantitative estimate of drug-likeness (QED) is 0.777. The van der Waals surface area contributed by atoms with Gasteiger partial charge in [0.1, 0.15) is 0 Å². The molecule has 5 heteroatoms. The molecule has 2 rings (SSSR count). The molecule has 17 heavy (non-hydrogen) atoms. The van der Waals surface area contributed by atoms with Gasteiger partial charge in [-0.1, -0.05) is 18.2 Å². The first-order chi connectivity index (χ1) is 8.16. The highest BCUT2D eigenvalue weighted by molar-refractivity contribution is 6.05. The lowest BCUT2D eigenvalue weighted by molar-refractivity contribution is 0.102. The van der Waals surface area contributed by atoms with Gasteiger partial charge in [0.15, 0.2) is 5.82 Å². The third kappa shape index (κ3) is 2.57. The van der Waals surface area contributed by atoms with Crippen molar-refractivity contribution < 1.29 is 9.18 Å². The topological polar surface area (TPSA) is 68.0 Å². The van der Waals surface area contributed by atoms with E-state index >= 15 is 0 Å². The van der Waals surface area contributed by atoms with Crippen molar-refractivity contribution in [3.63, 3.8) is 0 Å². The number of hydrogen-bond donors (Lipinski definition) is 2. The van der Waals surface area contributed by atoms with Crippen LogP contribution in [-0.4, -0.2) is 10.9 Å². The third-order valence-corrected chi connectivity index (χ3v) is 2.17. The van der Waals surface area contributed by atoms with Gasteiger partial charge in [-0.2, -0.15) is 4.39 Å². The zero-order valence-electron chi connectivity index (χ0n) is 8.85. The van der Waals surface area contributed by atoms with Gasteiger partial charge in [0.2, 0.25) is 5.95 Å². The number of benzene rings is 1. The van der Waals surface area contributed by atoms with E-state index < -0.39 is 5.95 Å². The second-order valence-corrected chi connectivity index (χ2v) is 3.39. The Bertz CT molecular complexity index is 543. The molecule has 0 fully saturated rings. The van der Waals surface area contributed by atoms with Gasteiger partial charge in [-0.15, -0.1) is 0 Å². The number of nitrogens with two attached hydrogens (primary N) is 1. The number of nitrogen functional groups attached to an aromatic ring is 1. The zero-order chi connectivity index (χ0) is 12.3. The molecule has 4 nitrogen and oxygen atoms in total. The molecule has 0 atom stereocenters. The lowest BCUT2D eigenvalue weighted by Gasteiger charge is -2.06. The number of nitrogens with zero attached hydrogens (tertiary/aromatic N) is 1. The van der Waals surface area contributed by atoms with Gasteiger partial charge in [0, 0.05) is 5.56 Å². The highest BCUT2D eigenvalue weighted by Gasteiger charge is 2.08. The van der Waals surface area contributed by atoms with E-state index in [1.807, 2.05) is 6.07 Å². The van der Waals surface area contributed by atoms with Gasteiger partial charge in [-0.3, -0.25) is 4.79 Å². The molecule has 1 amide bonds. The molecule has 0 radical (unpaired) electrons. The second-order valence-electron chi connectivity index (χ2n) is 3.39. The van der Waals surface area contributed by atoms with Crippen molar-refractivity contribution in [3.05, 3.63) is 54.0 Å². The van der Waals surface area contributed by atoms with Gasteiger partial charge < -0.3 is 11.1 Å². The summed E-state index contributed by atoms with van der Waals surface area (Å²) in [7, 11) is 0. The van der Waals surface area contributed by atoms with Crippen molar-refractivity contribution in [1.82, 2.24) is 4.98 Å². The normalized spacial score (nSPS) is 9.94. The number of nitrogens with one attached hydrogen (secondary N) is 1. The summed E-state index contributed by atoms with van der Waals surface area (Å²) in [4.78, 5) is 15.2. The molecule has 1 aromatic carbocycles. The molecule has 1 aromatic heterocycles. The van der Waals surface area contributed by atoms with Crippen LogP contribution >= 0.6 is 0 Å². The third-order valence-electron chi connectivity index (χ3n) is 2.17. The first-order valence-corrected chi connectivity index (χ1v) is 4.95. The van der Waals surface area contributed by atoms with Crippen LogP contribution in [0.15, 0.2) is 42.5 Å². The fourth-order valence-corrected chi connectivity index (χ4v) is 1.34. The van der Waals surface area contributed by atoms with Crippen molar-refractivity contribution in [2.45, 2.75) is 0 Å². The first-order valence-electron chi connectivity index (χ1n) is 4.95. The molecule has 3 N–H and O–H groups in total. The minimum Gasteiger partial charge on any atom is -0.382 e. The van der Waals surface area contributed by atoms with Gasteiger partial charge >= 0.3 is 0 Å². The molecule has 1 heterocycles. The molecule has 86 valence electrons. The number of halogens is 1. The Morgan fingerprint density at radius 1 is 1.18 bits per heavy atom. The average Bonchev–Trinajstić information content (AvgIpc) is 2.34. The van der Waals surface area contributed by atoms with Gasteiger partial charge in [-0.25, -0.2) is 4.98 Å². The number of aromatic nitrogens is 1. The van der Waals surface area contributed by atoms with E-state index in [1.165, 1.54) is 6.07 Å². The summed E-state index contributed by atoms with van der Waals surface area (Å²) in [5.74, 6) is -1.04.